The number of benzene rings is 1. The van der Waals surface area contributed by atoms with E-state index < -0.39 is 10.0 Å². The predicted molar refractivity (Wildman–Crippen MR) is 69.6 cm³/mol. The van der Waals surface area contributed by atoms with Gasteiger partial charge in [-0.3, -0.25) is 0 Å². The number of aryl methyl sites for hydroxylation is 1. The lowest BCUT2D eigenvalue weighted by Gasteiger charge is -2.11. The summed E-state index contributed by atoms with van der Waals surface area (Å²) in [6.07, 6.45) is 0.911. The van der Waals surface area contributed by atoms with E-state index in [0.717, 1.165) is 12.0 Å². The minimum Gasteiger partial charge on any atom is -0.308 e. The molecule has 0 radical (unpaired) electrons. The average Bonchev–Trinajstić information content (AvgIpc) is 2.28. The van der Waals surface area contributed by atoms with Crippen molar-refractivity contribution in [3.8, 4) is 0 Å². The van der Waals surface area contributed by atoms with Crippen molar-refractivity contribution in [1.29, 1.82) is 0 Å². The fourth-order valence-corrected chi connectivity index (χ4v) is 2.41. The number of rotatable bonds is 6. The molecule has 0 amide bonds. The van der Waals surface area contributed by atoms with E-state index in [1.165, 1.54) is 0 Å². The van der Waals surface area contributed by atoms with Crippen molar-refractivity contribution in [2.45, 2.75) is 18.2 Å². The average molecular weight is 256 g/mol. The zero-order valence-electron chi connectivity index (χ0n) is 10.6. The third-order valence-electron chi connectivity index (χ3n) is 2.49. The molecule has 1 aromatic rings. The molecule has 1 aromatic carbocycles. The quantitative estimate of drug-likeness (QED) is 0.829. The SMILES string of the molecule is CCc1ccc(S(=O)(=O)NCCN(C)C)cc1. The maximum Gasteiger partial charge on any atom is 0.240 e. The summed E-state index contributed by atoms with van der Waals surface area (Å²) in [7, 11) is 0.457. The van der Waals surface area contributed by atoms with Crippen LogP contribution in [-0.2, 0) is 16.4 Å². The van der Waals surface area contributed by atoms with E-state index in [1.54, 1.807) is 12.1 Å². The van der Waals surface area contributed by atoms with Crippen LogP contribution in [0.15, 0.2) is 29.2 Å². The van der Waals surface area contributed by atoms with Crippen LogP contribution in [0.2, 0.25) is 0 Å². The number of likely N-dealkylation sites (N-methyl/N-ethyl adjacent to an activating group) is 1. The van der Waals surface area contributed by atoms with Gasteiger partial charge in [0.2, 0.25) is 10.0 Å². The highest BCUT2D eigenvalue weighted by Crippen LogP contribution is 2.10. The fourth-order valence-electron chi connectivity index (χ4n) is 1.39. The molecule has 96 valence electrons. The first-order valence-corrected chi connectivity index (χ1v) is 7.17. The lowest BCUT2D eigenvalue weighted by Crippen LogP contribution is -2.31. The number of nitrogens with one attached hydrogen (secondary N) is 1. The Balaban J connectivity index is 2.68. The molecule has 1 N–H and O–H groups in total. The Morgan fingerprint density at radius 1 is 1.18 bits per heavy atom. The van der Waals surface area contributed by atoms with Gasteiger partial charge in [-0.2, -0.15) is 0 Å². The first-order chi connectivity index (χ1) is 7.95. The lowest BCUT2D eigenvalue weighted by atomic mass is 10.2. The van der Waals surface area contributed by atoms with Crippen LogP contribution >= 0.6 is 0 Å². The van der Waals surface area contributed by atoms with Crippen molar-refractivity contribution < 1.29 is 8.42 Å². The summed E-state index contributed by atoms with van der Waals surface area (Å²) in [5, 5.41) is 0. The van der Waals surface area contributed by atoms with E-state index in [0.29, 0.717) is 18.0 Å². The van der Waals surface area contributed by atoms with E-state index >= 15 is 0 Å². The maximum absolute atomic E-state index is 11.9. The Morgan fingerprint density at radius 2 is 1.76 bits per heavy atom. The molecule has 0 unspecified atom stereocenters. The third-order valence-corrected chi connectivity index (χ3v) is 3.97. The smallest absolute Gasteiger partial charge is 0.240 e. The molecule has 0 saturated heterocycles. The Kier molecular flexibility index (Phi) is 5.11. The van der Waals surface area contributed by atoms with E-state index in [2.05, 4.69) is 4.72 Å². The predicted octanol–water partition coefficient (Wildman–Crippen LogP) is 1.09. The molecule has 0 fully saturated rings. The summed E-state index contributed by atoms with van der Waals surface area (Å²) in [4.78, 5) is 2.26. The van der Waals surface area contributed by atoms with Gasteiger partial charge in [-0.1, -0.05) is 19.1 Å². The van der Waals surface area contributed by atoms with Crippen molar-refractivity contribution in [3.05, 3.63) is 29.8 Å². The number of nitrogens with zero attached hydrogens (tertiary/aromatic N) is 1. The summed E-state index contributed by atoms with van der Waals surface area (Å²) in [6, 6.07) is 6.99. The van der Waals surface area contributed by atoms with Gasteiger partial charge in [-0.25, -0.2) is 13.1 Å². The molecule has 4 nitrogen and oxygen atoms in total. The molecule has 0 bridgehead atoms. The standard InChI is InChI=1S/C12H20N2O2S/c1-4-11-5-7-12(8-6-11)17(15,16)13-9-10-14(2)3/h5-8,13H,4,9-10H2,1-3H3. The molecule has 1 rings (SSSR count). The van der Waals surface area contributed by atoms with Crippen LogP contribution in [0.3, 0.4) is 0 Å². The zero-order valence-corrected chi connectivity index (χ0v) is 11.4. The van der Waals surface area contributed by atoms with Crippen LogP contribution in [0.5, 0.6) is 0 Å². The Hall–Kier alpha value is -0.910. The first-order valence-electron chi connectivity index (χ1n) is 5.69. The van der Waals surface area contributed by atoms with Crippen LogP contribution < -0.4 is 4.72 Å². The number of sulfonamides is 1. The van der Waals surface area contributed by atoms with Crippen molar-refractivity contribution in [2.24, 2.45) is 0 Å². The van der Waals surface area contributed by atoms with Gasteiger partial charge in [-0.05, 0) is 38.2 Å². The molecular weight excluding hydrogens is 236 g/mol. The summed E-state index contributed by atoms with van der Waals surface area (Å²) in [6.45, 7) is 3.15. The largest absolute Gasteiger partial charge is 0.308 e. The Labute approximate surface area is 104 Å². The molecular formula is C12H20N2O2S. The van der Waals surface area contributed by atoms with Crippen LogP contribution in [0.4, 0.5) is 0 Å². The fraction of sp³-hybridized carbons (Fsp3) is 0.500. The molecule has 0 saturated carbocycles. The lowest BCUT2D eigenvalue weighted by molar-refractivity contribution is 0.412. The summed E-state index contributed by atoms with van der Waals surface area (Å²) in [5.74, 6) is 0. The van der Waals surface area contributed by atoms with Crippen LogP contribution in [-0.4, -0.2) is 40.5 Å². The normalized spacial score (nSPS) is 12.0. The van der Waals surface area contributed by atoms with Gasteiger partial charge in [0.1, 0.15) is 0 Å². The zero-order chi connectivity index (χ0) is 12.9. The summed E-state index contributed by atoms with van der Waals surface area (Å²) >= 11 is 0. The molecule has 0 aliphatic heterocycles. The van der Waals surface area contributed by atoms with Crippen LogP contribution in [0.1, 0.15) is 12.5 Å². The van der Waals surface area contributed by atoms with E-state index in [9.17, 15) is 8.42 Å². The number of hydrogen-bond donors (Lipinski definition) is 1. The second-order valence-electron chi connectivity index (χ2n) is 4.20. The molecule has 0 atom stereocenters. The maximum atomic E-state index is 11.9. The summed E-state index contributed by atoms with van der Waals surface area (Å²) < 4.78 is 26.3. The van der Waals surface area contributed by atoms with Crippen molar-refractivity contribution in [2.75, 3.05) is 27.2 Å². The van der Waals surface area contributed by atoms with Gasteiger partial charge in [0.05, 0.1) is 4.90 Å². The minimum absolute atomic E-state index is 0.327. The Morgan fingerprint density at radius 3 is 2.24 bits per heavy atom. The second-order valence-corrected chi connectivity index (χ2v) is 5.97. The molecule has 17 heavy (non-hydrogen) atoms. The highest BCUT2D eigenvalue weighted by Gasteiger charge is 2.12. The molecule has 0 aromatic heterocycles. The van der Waals surface area contributed by atoms with Gasteiger partial charge < -0.3 is 4.90 Å². The minimum atomic E-state index is -3.36. The van der Waals surface area contributed by atoms with Gasteiger partial charge in [-0.15, -0.1) is 0 Å². The van der Waals surface area contributed by atoms with Crippen LogP contribution in [0.25, 0.3) is 0 Å². The van der Waals surface area contributed by atoms with Gasteiger partial charge in [0.15, 0.2) is 0 Å². The van der Waals surface area contributed by atoms with Gasteiger partial charge in [0, 0.05) is 13.1 Å². The highest BCUT2D eigenvalue weighted by molar-refractivity contribution is 7.89. The molecule has 0 spiro atoms. The third kappa shape index (κ3) is 4.46. The second kappa shape index (κ2) is 6.14. The van der Waals surface area contributed by atoms with Gasteiger partial charge >= 0.3 is 0 Å². The van der Waals surface area contributed by atoms with Crippen molar-refractivity contribution in [3.63, 3.8) is 0 Å². The first kappa shape index (κ1) is 14.2. The van der Waals surface area contributed by atoms with E-state index in [4.69, 9.17) is 0 Å². The number of hydrogen-bond acceptors (Lipinski definition) is 3. The molecule has 0 aliphatic carbocycles. The Bertz CT molecular complexity index is 438. The molecule has 0 heterocycles. The van der Waals surface area contributed by atoms with Crippen molar-refractivity contribution >= 4 is 10.0 Å². The monoisotopic (exact) mass is 256 g/mol. The van der Waals surface area contributed by atoms with Gasteiger partial charge in [0.25, 0.3) is 0 Å². The highest BCUT2D eigenvalue weighted by atomic mass is 32.2. The molecule has 0 aliphatic rings. The molecule has 5 heteroatoms. The van der Waals surface area contributed by atoms with E-state index in [1.807, 2.05) is 38.1 Å². The topological polar surface area (TPSA) is 49.4 Å². The van der Waals surface area contributed by atoms with E-state index in [-0.39, 0.29) is 0 Å². The van der Waals surface area contributed by atoms with Crippen LogP contribution in [0, 0.1) is 0 Å². The van der Waals surface area contributed by atoms with Crippen molar-refractivity contribution in [1.82, 2.24) is 9.62 Å². The summed E-state index contributed by atoms with van der Waals surface area (Å²) in [5.41, 5.74) is 1.14.